The van der Waals surface area contributed by atoms with Crippen molar-refractivity contribution in [3.05, 3.63) is 0 Å². The van der Waals surface area contributed by atoms with Gasteiger partial charge in [-0.3, -0.25) is 0 Å². The number of rotatable bonds is 0. The van der Waals surface area contributed by atoms with E-state index in [4.69, 9.17) is 10.2 Å². The topological polar surface area (TPSA) is 83.8 Å². The summed E-state index contributed by atoms with van der Waals surface area (Å²) in [6, 6.07) is 0. The molecule has 0 bridgehead atoms. The van der Waals surface area contributed by atoms with Crippen molar-refractivity contribution in [3.8, 4) is 0 Å². The third kappa shape index (κ3) is 17.6. The van der Waals surface area contributed by atoms with Crippen LogP contribution in [0.25, 0.3) is 0 Å². The van der Waals surface area contributed by atoms with Crippen molar-refractivity contribution in [2.75, 3.05) is 0 Å². The van der Waals surface area contributed by atoms with Gasteiger partial charge in [0.05, 0.1) is 0 Å². The fraction of sp³-hybridized carbons (Fsp3) is 0. The predicted molar refractivity (Wildman–Crippen MR) is 34.2 cm³/mol. The van der Waals surface area contributed by atoms with Crippen molar-refractivity contribution < 1.29 is 24.5 Å². The number of carbonyl (C=O) groups is 2. The van der Waals surface area contributed by atoms with Crippen LogP contribution >= 0.6 is 0 Å². The Morgan fingerprint density at radius 2 is 1.22 bits per heavy atom. The standard InChI is InChI=1S/C2H2O5.2Ca.4H/c3-1(4)7-2(5)6;;;;;;/h(H,3,4)(H,5,6);;;;;;. The van der Waals surface area contributed by atoms with Crippen molar-refractivity contribution in [2.45, 2.75) is 0 Å². The molecule has 0 aliphatic carbocycles. The summed E-state index contributed by atoms with van der Waals surface area (Å²) in [6.45, 7) is 0. The molecule has 0 radical (unpaired) electrons. The van der Waals surface area contributed by atoms with Gasteiger partial charge in [-0.15, -0.1) is 0 Å². The van der Waals surface area contributed by atoms with Gasteiger partial charge >= 0.3 is 87.8 Å². The van der Waals surface area contributed by atoms with Crippen LogP contribution in [-0.4, -0.2) is 98.0 Å². The van der Waals surface area contributed by atoms with Crippen LogP contribution in [0.15, 0.2) is 0 Å². The first-order chi connectivity index (χ1) is 3.13. The number of ether oxygens (including phenoxy) is 1. The maximum absolute atomic E-state index is 9.21. The molecule has 0 spiro atoms. The van der Waals surface area contributed by atoms with Crippen molar-refractivity contribution in [1.82, 2.24) is 0 Å². The van der Waals surface area contributed by atoms with E-state index >= 15 is 0 Å². The summed E-state index contributed by atoms with van der Waals surface area (Å²) in [6.07, 6.45) is -3.62. The predicted octanol–water partition coefficient (Wildman–Crippen LogP) is -1.47. The van der Waals surface area contributed by atoms with Crippen LogP contribution in [0.2, 0.25) is 0 Å². The van der Waals surface area contributed by atoms with Gasteiger partial charge in [0.2, 0.25) is 0 Å². The number of hydrogen-bond acceptors (Lipinski definition) is 3. The molecule has 7 heteroatoms. The third-order valence-corrected chi connectivity index (χ3v) is 0.175. The molecule has 0 unspecified atom stereocenters. The molecule has 0 atom stereocenters. The van der Waals surface area contributed by atoms with Gasteiger partial charge in [-0.2, -0.15) is 0 Å². The Labute approximate surface area is 110 Å². The fourth-order valence-electron chi connectivity index (χ4n) is 0.0747. The Kier molecular flexibility index (Phi) is 17.2. The summed E-state index contributed by atoms with van der Waals surface area (Å²) in [7, 11) is 0. The molecule has 0 aliphatic heterocycles. The first kappa shape index (κ1) is 16.7. The van der Waals surface area contributed by atoms with E-state index in [1.54, 1.807) is 0 Å². The Bertz CT molecular complexity index is 89.1. The SMILES string of the molecule is O=C(O)OC(=O)O.[CaH2].[CaH2]. The summed E-state index contributed by atoms with van der Waals surface area (Å²) in [5.41, 5.74) is 0. The zero-order valence-corrected chi connectivity index (χ0v) is 3.12. The fourth-order valence-corrected chi connectivity index (χ4v) is 0.0747. The van der Waals surface area contributed by atoms with Crippen LogP contribution in [0.4, 0.5) is 9.59 Å². The summed E-state index contributed by atoms with van der Waals surface area (Å²) < 4.78 is 3.08. The molecule has 0 saturated carbocycles. The van der Waals surface area contributed by atoms with E-state index < -0.39 is 12.3 Å². The average Bonchev–Trinajstić information content (AvgIpc) is 1.27. The van der Waals surface area contributed by atoms with Crippen LogP contribution < -0.4 is 0 Å². The number of hydrogen-bond donors (Lipinski definition) is 2. The van der Waals surface area contributed by atoms with Crippen LogP contribution in [0.5, 0.6) is 0 Å². The maximum atomic E-state index is 9.21. The summed E-state index contributed by atoms with van der Waals surface area (Å²) in [4.78, 5) is 18.4. The molecule has 9 heavy (non-hydrogen) atoms. The molecule has 0 heterocycles. The Hall–Kier alpha value is 1.26. The average molecular weight is 190 g/mol. The zero-order valence-electron chi connectivity index (χ0n) is 3.12. The van der Waals surface area contributed by atoms with E-state index in [0.717, 1.165) is 0 Å². The second kappa shape index (κ2) is 9.26. The molecular formula is C2H6Ca2O5. The van der Waals surface area contributed by atoms with Crippen molar-refractivity contribution >= 4 is 87.8 Å². The van der Waals surface area contributed by atoms with Crippen molar-refractivity contribution in [3.63, 3.8) is 0 Å². The first-order valence-electron chi connectivity index (χ1n) is 1.26. The van der Waals surface area contributed by atoms with Gasteiger partial charge in [0, 0.05) is 0 Å². The quantitative estimate of drug-likeness (QED) is 0.277. The molecule has 0 rings (SSSR count). The zero-order chi connectivity index (χ0) is 5.86. The Morgan fingerprint density at radius 3 is 1.22 bits per heavy atom. The van der Waals surface area contributed by atoms with Gasteiger partial charge in [0.15, 0.2) is 0 Å². The Morgan fingerprint density at radius 1 is 1.00 bits per heavy atom. The molecule has 0 aliphatic rings. The van der Waals surface area contributed by atoms with Crippen LogP contribution in [0, 0.1) is 0 Å². The van der Waals surface area contributed by atoms with Crippen LogP contribution in [0.1, 0.15) is 0 Å². The summed E-state index contributed by atoms with van der Waals surface area (Å²) in [5.74, 6) is 0. The van der Waals surface area contributed by atoms with Crippen LogP contribution in [-0.2, 0) is 4.74 Å². The second-order valence-corrected chi connectivity index (χ2v) is 0.634. The van der Waals surface area contributed by atoms with E-state index in [-0.39, 0.29) is 75.5 Å². The van der Waals surface area contributed by atoms with E-state index in [0.29, 0.717) is 0 Å². The van der Waals surface area contributed by atoms with E-state index in [9.17, 15) is 9.59 Å². The van der Waals surface area contributed by atoms with Gasteiger partial charge < -0.3 is 14.9 Å². The van der Waals surface area contributed by atoms with Crippen molar-refractivity contribution in [1.29, 1.82) is 0 Å². The molecule has 5 nitrogen and oxygen atoms in total. The second-order valence-electron chi connectivity index (χ2n) is 0.634. The molecule has 0 fully saturated rings. The van der Waals surface area contributed by atoms with Crippen LogP contribution in [0.3, 0.4) is 0 Å². The molecule has 0 saturated heterocycles. The van der Waals surface area contributed by atoms with Gasteiger partial charge in [-0.1, -0.05) is 0 Å². The molecule has 48 valence electrons. The minimum atomic E-state index is -1.81. The number of carboxylic acid groups (broad SMARTS) is 2. The van der Waals surface area contributed by atoms with Gasteiger partial charge in [-0.05, 0) is 0 Å². The molecule has 0 aromatic carbocycles. The molecule has 2 N–H and O–H groups in total. The van der Waals surface area contributed by atoms with Gasteiger partial charge in [-0.25, -0.2) is 9.59 Å². The molecule has 0 amide bonds. The summed E-state index contributed by atoms with van der Waals surface area (Å²) in [5, 5.41) is 15.0. The minimum absolute atomic E-state index is 0. The third-order valence-electron chi connectivity index (χ3n) is 0.175. The molecule has 0 aromatic heterocycles. The van der Waals surface area contributed by atoms with Crippen molar-refractivity contribution in [2.24, 2.45) is 0 Å². The summed E-state index contributed by atoms with van der Waals surface area (Å²) >= 11 is 0. The molecule has 0 aromatic rings. The van der Waals surface area contributed by atoms with E-state index in [1.807, 2.05) is 0 Å². The normalized spacial score (nSPS) is 5.78. The van der Waals surface area contributed by atoms with Gasteiger partial charge in [0.1, 0.15) is 0 Å². The van der Waals surface area contributed by atoms with E-state index in [1.165, 1.54) is 0 Å². The first-order valence-corrected chi connectivity index (χ1v) is 1.26. The van der Waals surface area contributed by atoms with Gasteiger partial charge in [0.25, 0.3) is 0 Å². The Balaban J connectivity index is -0.000000180. The molecular weight excluding hydrogens is 184 g/mol. The monoisotopic (exact) mass is 190 g/mol. The van der Waals surface area contributed by atoms with E-state index in [2.05, 4.69) is 4.74 Å².